The number of nitrogens with zero attached hydrogens (tertiary/aromatic N) is 1. The predicted molar refractivity (Wildman–Crippen MR) is 73.7 cm³/mol. The molecule has 0 amide bonds. The van der Waals surface area contributed by atoms with Crippen LogP contribution in [-0.2, 0) is 22.5 Å². The van der Waals surface area contributed by atoms with Crippen molar-refractivity contribution < 1.29 is 9.53 Å². The molecule has 1 unspecified atom stereocenters. The molecule has 0 aliphatic carbocycles. The van der Waals surface area contributed by atoms with Gasteiger partial charge in [0.25, 0.3) is 0 Å². The van der Waals surface area contributed by atoms with E-state index in [9.17, 15) is 4.79 Å². The molecular weight excluding hydrogens is 246 g/mol. The second kappa shape index (κ2) is 5.02. The van der Waals surface area contributed by atoms with E-state index in [0.29, 0.717) is 0 Å². The molecule has 0 bridgehead atoms. The molecule has 0 saturated heterocycles. The molecule has 2 rings (SSSR count). The first kappa shape index (κ1) is 13.6. The number of fused-ring (bicyclic) bond motifs is 1. The number of ether oxygens (including phenoxy) is 1. The van der Waals surface area contributed by atoms with E-state index in [-0.39, 0.29) is 12.0 Å². The summed E-state index contributed by atoms with van der Waals surface area (Å²) in [5.74, 6) is -0.124. The normalized spacial score (nSPS) is 18.2. The predicted octanol–water partition coefficient (Wildman–Crippen LogP) is 2.84. The van der Waals surface area contributed by atoms with E-state index in [1.165, 1.54) is 10.4 Å². The number of thiophene rings is 1. The molecule has 100 valence electrons. The standard InChI is InChI=1S/C14H21NO2S/c1-10(13(16)17-14(2,3)4)15-7-5-12-11(9-15)6-8-18-12/h6,8,10H,5,7,9H2,1-4H3. The molecule has 0 aromatic carbocycles. The lowest BCUT2D eigenvalue weighted by Gasteiger charge is -2.32. The van der Waals surface area contributed by atoms with Crippen LogP contribution in [0.5, 0.6) is 0 Å². The highest BCUT2D eigenvalue weighted by Gasteiger charge is 2.29. The quantitative estimate of drug-likeness (QED) is 0.772. The molecule has 1 atom stereocenters. The largest absolute Gasteiger partial charge is 0.459 e. The summed E-state index contributed by atoms with van der Waals surface area (Å²) >= 11 is 1.81. The van der Waals surface area contributed by atoms with Crippen molar-refractivity contribution >= 4 is 17.3 Å². The van der Waals surface area contributed by atoms with Gasteiger partial charge < -0.3 is 4.74 Å². The Morgan fingerprint density at radius 2 is 2.22 bits per heavy atom. The van der Waals surface area contributed by atoms with Gasteiger partial charge in [-0.1, -0.05) is 0 Å². The van der Waals surface area contributed by atoms with Crippen molar-refractivity contribution in [1.29, 1.82) is 0 Å². The molecule has 0 saturated carbocycles. The Labute approximate surface area is 113 Å². The summed E-state index contributed by atoms with van der Waals surface area (Å²) in [6.45, 7) is 9.46. The topological polar surface area (TPSA) is 29.5 Å². The summed E-state index contributed by atoms with van der Waals surface area (Å²) in [5, 5.41) is 2.13. The van der Waals surface area contributed by atoms with Crippen molar-refractivity contribution in [2.24, 2.45) is 0 Å². The van der Waals surface area contributed by atoms with E-state index in [4.69, 9.17) is 4.74 Å². The van der Waals surface area contributed by atoms with Crippen LogP contribution in [0.3, 0.4) is 0 Å². The van der Waals surface area contributed by atoms with Crippen molar-refractivity contribution in [1.82, 2.24) is 4.90 Å². The Balaban J connectivity index is 1.99. The third-order valence-corrected chi connectivity index (χ3v) is 4.16. The Hall–Kier alpha value is -0.870. The highest BCUT2D eigenvalue weighted by molar-refractivity contribution is 7.10. The van der Waals surface area contributed by atoms with Gasteiger partial charge >= 0.3 is 5.97 Å². The second-order valence-corrected chi connectivity index (χ2v) is 6.80. The Kier molecular flexibility index (Phi) is 3.78. The van der Waals surface area contributed by atoms with Gasteiger partial charge in [-0.05, 0) is 51.1 Å². The Bertz CT molecular complexity index is 433. The minimum absolute atomic E-state index is 0.124. The fraction of sp³-hybridized carbons (Fsp3) is 0.643. The summed E-state index contributed by atoms with van der Waals surface area (Å²) in [5.41, 5.74) is 0.955. The maximum Gasteiger partial charge on any atom is 0.323 e. The summed E-state index contributed by atoms with van der Waals surface area (Å²) < 4.78 is 5.44. The number of hydrogen-bond donors (Lipinski definition) is 0. The molecule has 0 radical (unpaired) electrons. The van der Waals surface area contributed by atoms with Crippen LogP contribution in [0.2, 0.25) is 0 Å². The summed E-state index contributed by atoms with van der Waals surface area (Å²) in [6, 6.07) is 1.99. The molecule has 4 heteroatoms. The van der Waals surface area contributed by atoms with Gasteiger partial charge in [0.2, 0.25) is 0 Å². The average molecular weight is 267 g/mol. The van der Waals surface area contributed by atoms with Crippen LogP contribution >= 0.6 is 11.3 Å². The monoisotopic (exact) mass is 267 g/mol. The number of carbonyl (C=O) groups is 1. The van der Waals surface area contributed by atoms with Gasteiger partial charge in [0.1, 0.15) is 11.6 Å². The lowest BCUT2D eigenvalue weighted by atomic mass is 10.1. The molecule has 1 aromatic heterocycles. The van der Waals surface area contributed by atoms with Gasteiger partial charge in [-0.2, -0.15) is 0 Å². The maximum absolute atomic E-state index is 12.0. The molecule has 1 aliphatic heterocycles. The molecule has 2 heterocycles. The zero-order valence-corrected chi connectivity index (χ0v) is 12.3. The first-order valence-electron chi connectivity index (χ1n) is 6.39. The first-order valence-corrected chi connectivity index (χ1v) is 7.27. The van der Waals surface area contributed by atoms with Crippen LogP contribution in [0.1, 0.15) is 38.1 Å². The average Bonchev–Trinajstić information content (AvgIpc) is 2.72. The number of hydrogen-bond acceptors (Lipinski definition) is 4. The van der Waals surface area contributed by atoms with Gasteiger partial charge in [-0.15, -0.1) is 11.3 Å². The molecule has 18 heavy (non-hydrogen) atoms. The van der Waals surface area contributed by atoms with Crippen molar-refractivity contribution in [3.63, 3.8) is 0 Å². The van der Waals surface area contributed by atoms with Crippen LogP contribution in [0.4, 0.5) is 0 Å². The molecule has 0 fully saturated rings. The second-order valence-electron chi connectivity index (χ2n) is 5.80. The minimum Gasteiger partial charge on any atom is -0.459 e. The lowest BCUT2D eigenvalue weighted by Crippen LogP contribution is -2.44. The highest BCUT2D eigenvalue weighted by Crippen LogP contribution is 2.25. The van der Waals surface area contributed by atoms with Crippen molar-refractivity contribution in [3.05, 3.63) is 21.9 Å². The van der Waals surface area contributed by atoms with Gasteiger partial charge in [0.15, 0.2) is 0 Å². The van der Waals surface area contributed by atoms with Crippen LogP contribution in [-0.4, -0.2) is 29.1 Å². The number of carbonyl (C=O) groups excluding carboxylic acids is 1. The summed E-state index contributed by atoms with van der Waals surface area (Å²) in [6.07, 6.45) is 1.04. The van der Waals surface area contributed by atoms with Crippen LogP contribution < -0.4 is 0 Å². The van der Waals surface area contributed by atoms with Crippen LogP contribution in [0.15, 0.2) is 11.4 Å². The van der Waals surface area contributed by atoms with Gasteiger partial charge in [-0.3, -0.25) is 9.69 Å². The Morgan fingerprint density at radius 3 is 2.89 bits per heavy atom. The zero-order valence-electron chi connectivity index (χ0n) is 11.5. The van der Waals surface area contributed by atoms with Crippen molar-refractivity contribution in [2.75, 3.05) is 6.54 Å². The zero-order chi connectivity index (χ0) is 13.3. The smallest absolute Gasteiger partial charge is 0.323 e. The van der Waals surface area contributed by atoms with Crippen molar-refractivity contribution in [2.45, 2.75) is 52.3 Å². The van der Waals surface area contributed by atoms with E-state index in [0.717, 1.165) is 19.5 Å². The molecular formula is C14H21NO2S. The molecule has 3 nitrogen and oxygen atoms in total. The van der Waals surface area contributed by atoms with E-state index >= 15 is 0 Å². The highest BCUT2D eigenvalue weighted by atomic mass is 32.1. The summed E-state index contributed by atoms with van der Waals surface area (Å²) in [4.78, 5) is 15.7. The first-order chi connectivity index (χ1) is 8.37. The fourth-order valence-corrected chi connectivity index (χ4v) is 3.03. The van der Waals surface area contributed by atoms with Gasteiger partial charge in [0, 0.05) is 18.0 Å². The van der Waals surface area contributed by atoms with Crippen molar-refractivity contribution in [3.8, 4) is 0 Å². The number of esters is 1. The summed E-state index contributed by atoms with van der Waals surface area (Å²) in [7, 11) is 0. The van der Waals surface area contributed by atoms with Crippen LogP contribution in [0.25, 0.3) is 0 Å². The number of rotatable bonds is 2. The molecule has 1 aromatic rings. The SMILES string of the molecule is CC(C(=O)OC(C)(C)C)N1CCc2sccc2C1. The Morgan fingerprint density at radius 1 is 1.50 bits per heavy atom. The van der Waals surface area contributed by atoms with E-state index in [2.05, 4.69) is 16.3 Å². The molecule has 1 aliphatic rings. The van der Waals surface area contributed by atoms with E-state index in [1.807, 2.05) is 39.0 Å². The molecule has 0 spiro atoms. The van der Waals surface area contributed by atoms with Crippen LogP contribution in [0, 0.1) is 0 Å². The van der Waals surface area contributed by atoms with Gasteiger partial charge in [0.05, 0.1) is 0 Å². The van der Waals surface area contributed by atoms with E-state index in [1.54, 1.807) is 0 Å². The minimum atomic E-state index is -0.408. The lowest BCUT2D eigenvalue weighted by molar-refractivity contribution is -0.161. The molecule has 0 N–H and O–H groups in total. The fourth-order valence-electron chi connectivity index (χ4n) is 2.14. The third kappa shape index (κ3) is 3.12. The van der Waals surface area contributed by atoms with E-state index < -0.39 is 5.60 Å². The third-order valence-electron chi connectivity index (χ3n) is 3.13. The maximum atomic E-state index is 12.0. The van der Waals surface area contributed by atoms with Gasteiger partial charge in [-0.25, -0.2) is 0 Å².